The Balaban J connectivity index is 1.53. The lowest BCUT2D eigenvalue weighted by Crippen LogP contribution is -2.16. The highest BCUT2D eigenvalue weighted by atomic mass is 16.5. The Bertz CT molecular complexity index is 661. The lowest BCUT2D eigenvalue weighted by atomic mass is 10.2. The summed E-state index contributed by atoms with van der Waals surface area (Å²) in [6.07, 6.45) is 2.35. The Kier molecular flexibility index (Phi) is 5.33. The lowest BCUT2D eigenvalue weighted by molar-refractivity contribution is 0.0679. The molecule has 1 N–H and O–H groups in total. The maximum atomic E-state index is 12.2. The van der Waals surface area contributed by atoms with Crippen LogP contribution in [0, 0.1) is 0 Å². The fourth-order valence-corrected chi connectivity index (χ4v) is 2.55. The van der Waals surface area contributed by atoms with Crippen molar-refractivity contribution in [2.45, 2.75) is 18.9 Å². The van der Waals surface area contributed by atoms with Gasteiger partial charge in [0.25, 0.3) is 5.91 Å². The Labute approximate surface area is 141 Å². The second-order valence-electron chi connectivity index (χ2n) is 5.65. The predicted molar refractivity (Wildman–Crippen MR) is 91.9 cm³/mol. The van der Waals surface area contributed by atoms with Gasteiger partial charge in [-0.2, -0.15) is 0 Å². The molecule has 2 aromatic carbocycles. The number of amides is 1. The number of hydrogen-bond acceptors (Lipinski definition) is 4. The third kappa shape index (κ3) is 4.26. The number of ether oxygens (including phenoxy) is 3. The molecule has 24 heavy (non-hydrogen) atoms. The van der Waals surface area contributed by atoms with Crippen LogP contribution in [-0.2, 0) is 4.74 Å². The van der Waals surface area contributed by atoms with E-state index in [0.717, 1.165) is 36.6 Å². The molecule has 5 nitrogen and oxygen atoms in total. The van der Waals surface area contributed by atoms with Crippen molar-refractivity contribution in [3.63, 3.8) is 0 Å². The van der Waals surface area contributed by atoms with Crippen LogP contribution >= 0.6 is 0 Å². The van der Waals surface area contributed by atoms with Gasteiger partial charge in [0.15, 0.2) is 0 Å². The minimum atomic E-state index is -0.161. The van der Waals surface area contributed by atoms with E-state index < -0.39 is 0 Å². The molecule has 0 saturated carbocycles. The third-order valence-electron chi connectivity index (χ3n) is 3.92. The van der Waals surface area contributed by atoms with Crippen molar-refractivity contribution < 1.29 is 19.0 Å². The SMILES string of the molecule is COc1ccc(C(=O)Nc2ccc(OC[C@@H]3CCCO3)cc2)cc1. The quantitative estimate of drug-likeness (QED) is 0.882. The first-order valence-electron chi connectivity index (χ1n) is 8.04. The number of rotatable bonds is 6. The Hall–Kier alpha value is -2.53. The summed E-state index contributed by atoms with van der Waals surface area (Å²) in [4.78, 5) is 12.2. The molecule has 0 unspecified atom stereocenters. The Morgan fingerprint density at radius 1 is 1.12 bits per heavy atom. The number of anilines is 1. The number of benzene rings is 2. The van der Waals surface area contributed by atoms with E-state index >= 15 is 0 Å². The summed E-state index contributed by atoms with van der Waals surface area (Å²) in [7, 11) is 1.59. The van der Waals surface area contributed by atoms with Crippen LogP contribution in [0.25, 0.3) is 0 Å². The van der Waals surface area contributed by atoms with Crippen molar-refractivity contribution in [1.82, 2.24) is 0 Å². The first-order valence-corrected chi connectivity index (χ1v) is 8.04. The van der Waals surface area contributed by atoms with Gasteiger partial charge < -0.3 is 19.5 Å². The zero-order chi connectivity index (χ0) is 16.8. The van der Waals surface area contributed by atoms with Crippen molar-refractivity contribution in [3.8, 4) is 11.5 Å². The van der Waals surface area contributed by atoms with Gasteiger partial charge in [0.05, 0.1) is 13.2 Å². The standard InChI is InChI=1S/C19H21NO4/c1-22-16-8-4-14(5-9-16)19(21)20-15-6-10-17(11-7-15)24-13-18-3-2-12-23-18/h4-11,18H,2-3,12-13H2,1H3,(H,20,21)/t18-/m0/s1. The van der Waals surface area contributed by atoms with E-state index in [4.69, 9.17) is 14.2 Å². The van der Waals surface area contributed by atoms with Crippen molar-refractivity contribution in [2.75, 3.05) is 25.6 Å². The third-order valence-corrected chi connectivity index (χ3v) is 3.92. The first-order chi connectivity index (χ1) is 11.7. The van der Waals surface area contributed by atoms with Crippen molar-refractivity contribution >= 4 is 11.6 Å². The van der Waals surface area contributed by atoms with Gasteiger partial charge in [-0.25, -0.2) is 0 Å². The number of carbonyl (C=O) groups excluding carboxylic acids is 1. The summed E-state index contributed by atoms with van der Waals surface area (Å²) in [6.45, 7) is 1.39. The monoisotopic (exact) mass is 327 g/mol. The lowest BCUT2D eigenvalue weighted by Gasteiger charge is -2.12. The fraction of sp³-hybridized carbons (Fsp3) is 0.316. The summed E-state index contributed by atoms with van der Waals surface area (Å²) in [5.74, 6) is 1.33. The van der Waals surface area contributed by atoms with Crippen LogP contribution in [0.1, 0.15) is 23.2 Å². The molecule has 0 spiro atoms. The van der Waals surface area contributed by atoms with Crippen LogP contribution in [0.15, 0.2) is 48.5 Å². The van der Waals surface area contributed by atoms with E-state index in [9.17, 15) is 4.79 Å². The fourth-order valence-electron chi connectivity index (χ4n) is 2.55. The van der Waals surface area contributed by atoms with E-state index in [-0.39, 0.29) is 12.0 Å². The van der Waals surface area contributed by atoms with Gasteiger partial charge in [-0.3, -0.25) is 4.79 Å². The molecule has 3 rings (SSSR count). The maximum Gasteiger partial charge on any atom is 0.255 e. The molecular weight excluding hydrogens is 306 g/mol. The van der Waals surface area contributed by atoms with E-state index in [2.05, 4.69) is 5.32 Å². The number of methoxy groups -OCH3 is 1. The van der Waals surface area contributed by atoms with Crippen LogP contribution in [0.3, 0.4) is 0 Å². The minimum Gasteiger partial charge on any atom is -0.497 e. The topological polar surface area (TPSA) is 56.8 Å². The van der Waals surface area contributed by atoms with Gasteiger partial charge in [0, 0.05) is 17.9 Å². The maximum absolute atomic E-state index is 12.2. The molecule has 1 saturated heterocycles. The number of carbonyl (C=O) groups is 1. The van der Waals surface area contributed by atoms with Crippen molar-refractivity contribution in [3.05, 3.63) is 54.1 Å². The van der Waals surface area contributed by atoms with E-state index in [1.165, 1.54) is 0 Å². The second-order valence-corrected chi connectivity index (χ2v) is 5.65. The number of nitrogens with one attached hydrogen (secondary N) is 1. The second kappa shape index (κ2) is 7.84. The minimum absolute atomic E-state index is 0.161. The average Bonchev–Trinajstić information content (AvgIpc) is 3.15. The normalized spacial score (nSPS) is 16.6. The largest absolute Gasteiger partial charge is 0.497 e. The van der Waals surface area contributed by atoms with E-state index in [1.54, 1.807) is 31.4 Å². The Morgan fingerprint density at radius 3 is 2.46 bits per heavy atom. The van der Waals surface area contributed by atoms with Crippen LogP contribution in [0.5, 0.6) is 11.5 Å². The highest BCUT2D eigenvalue weighted by Crippen LogP contribution is 2.19. The summed E-state index contributed by atoms with van der Waals surface area (Å²) in [5.41, 5.74) is 1.30. The molecule has 0 bridgehead atoms. The zero-order valence-electron chi connectivity index (χ0n) is 13.7. The van der Waals surface area contributed by atoms with Crippen molar-refractivity contribution in [1.29, 1.82) is 0 Å². The van der Waals surface area contributed by atoms with Gasteiger partial charge in [-0.05, 0) is 61.4 Å². The molecule has 0 radical (unpaired) electrons. The molecule has 1 aliphatic heterocycles. The highest BCUT2D eigenvalue weighted by molar-refractivity contribution is 6.04. The van der Waals surface area contributed by atoms with Gasteiger partial charge in [-0.1, -0.05) is 0 Å². The average molecular weight is 327 g/mol. The van der Waals surface area contributed by atoms with E-state index in [0.29, 0.717) is 12.2 Å². The molecule has 1 fully saturated rings. The van der Waals surface area contributed by atoms with Crippen LogP contribution < -0.4 is 14.8 Å². The molecule has 126 valence electrons. The number of hydrogen-bond donors (Lipinski definition) is 1. The predicted octanol–water partition coefficient (Wildman–Crippen LogP) is 3.51. The first kappa shape index (κ1) is 16.3. The van der Waals surface area contributed by atoms with Gasteiger partial charge in [0.2, 0.25) is 0 Å². The molecule has 1 amide bonds. The molecule has 1 atom stereocenters. The highest BCUT2D eigenvalue weighted by Gasteiger charge is 2.15. The summed E-state index contributed by atoms with van der Waals surface area (Å²) < 4.78 is 16.3. The van der Waals surface area contributed by atoms with Gasteiger partial charge >= 0.3 is 0 Å². The van der Waals surface area contributed by atoms with Gasteiger partial charge in [-0.15, -0.1) is 0 Å². The molecule has 1 aliphatic rings. The molecular formula is C19H21NO4. The molecule has 1 heterocycles. The summed E-state index contributed by atoms with van der Waals surface area (Å²) in [6, 6.07) is 14.3. The molecule has 0 aliphatic carbocycles. The zero-order valence-corrected chi connectivity index (χ0v) is 13.7. The van der Waals surface area contributed by atoms with Gasteiger partial charge in [0.1, 0.15) is 18.1 Å². The van der Waals surface area contributed by atoms with E-state index in [1.807, 2.05) is 24.3 Å². The molecule has 2 aromatic rings. The summed E-state index contributed by atoms with van der Waals surface area (Å²) in [5, 5.41) is 2.86. The molecule has 5 heteroatoms. The smallest absolute Gasteiger partial charge is 0.255 e. The van der Waals surface area contributed by atoms with Crippen LogP contribution in [0.4, 0.5) is 5.69 Å². The van der Waals surface area contributed by atoms with Crippen molar-refractivity contribution in [2.24, 2.45) is 0 Å². The Morgan fingerprint density at radius 2 is 1.83 bits per heavy atom. The summed E-state index contributed by atoms with van der Waals surface area (Å²) >= 11 is 0. The van der Waals surface area contributed by atoms with Crippen LogP contribution in [0.2, 0.25) is 0 Å². The molecule has 0 aromatic heterocycles. The van der Waals surface area contributed by atoms with Crippen LogP contribution in [-0.4, -0.2) is 32.3 Å².